The number of amides is 2. The molecule has 2 aromatic heterocycles. The number of ether oxygens (including phenoxy) is 3. The molecule has 0 aliphatic carbocycles. The first-order chi connectivity index (χ1) is 14.7. The van der Waals surface area contributed by atoms with Gasteiger partial charge in [0.05, 0.1) is 31.3 Å². The van der Waals surface area contributed by atoms with E-state index < -0.39 is 0 Å². The maximum atomic E-state index is 12.0. The SMILES string of the molecule is COCCOc1ccc(NC(=O)NCCc2coc(-c3ccc(OC)cc3)n2)cn1. The van der Waals surface area contributed by atoms with Crippen molar-refractivity contribution in [1.82, 2.24) is 15.3 Å². The summed E-state index contributed by atoms with van der Waals surface area (Å²) in [6, 6.07) is 10.5. The van der Waals surface area contributed by atoms with Crippen molar-refractivity contribution in [2.75, 3.05) is 39.3 Å². The van der Waals surface area contributed by atoms with Crippen LogP contribution in [-0.4, -0.2) is 50.0 Å². The lowest BCUT2D eigenvalue weighted by Crippen LogP contribution is -2.30. The predicted molar refractivity (Wildman–Crippen MR) is 111 cm³/mol. The Labute approximate surface area is 174 Å². The van der Waals surface area contributed by atoms with Crippen molar-refractivity contribution in [3.63, 3.8) is 0 Å². The molecular weight excluding hydrogens is 388 g/mol. The largest absolute Gasteiger partial charge is 0.497 e. The van der Waals surface area contributed by atoms with Gasteiger partial charge in [0.25, 0.3) is 0 Å². The highest BCUT2D eigenvalue weighted by Gasteiger charge is 2.08. The van der Waals surface area contributed by atoms with E-state index in [9.17, 15) is 4.79 Å². The van der Waals surface area contributed by atoms with Gasteiger partial charge in [-0.1, -0.05) is 0 Å². The number of urea groups is 1. The molecule has 2 heterocycles. The lowest BCUT2D eigenvalue weighted by Gasteiger charge is -2.08. The maximum absolute atomic E-state index is 12.0. The number of nitrogens with one attached hydrogen (secondary N) is 2. The van der Waals surface area contributed by atoms with Crippen molar-refractivity contribution in [2.45, 2.75) is 6.42 Å². The summed E-state index contributed by atoms with van der Waals surface area (Å²) in [4.78, 5) is 20.6. The van der Waals surface area contributed by atoms with Gasteiger partial charge < -0.3 is 29.3 Å². The van der Waals surface area contributed by atoms with Gasteiger partial charge in [0.1, 0.15) is 18.6 Å². The van der Waals surface area contributed by atoms with E-state index in [2.05, 4.69) is 20.6 Å². The Kier molecular flexibility index (Phi) is 7.62. The van der Waals surface area contributed by atoms with E-state index in [1.807, 2.05) is 24.3 Å². The highest BCUT2D eigenvalue weighted by Crippen LogP contribution is 2.21. The third kappa shape index (κ3) is 6.21. The number of rotatable bonds is 10. The van der Waals surface area contributed by atoms with Crippen LogP contribution in [0.4, 0.5) is 10.5 Å². The summed E-state index contributed by atoms with van der Waals surface area (Å²) >= 11 is 0. The number of benzene rings is 1. The van der Waals surface area contributed by atoms with Gasteiger partial charge in [-0.15, -0.1) is 0 Å². The number of pyridine rings is 1. The van der Waals surface area contributed by atoms with Crippen molar-refractivity contribution in [3.05, 3.63) is 54.6 Å². The third-order valence-electron chi connectivity index (χ3n) is 4.09. The molecule has 2 N–H and O–H groups in total. The molecular formula is C21H24N4O5. The highest BCUT2D eigenvalue weighted by atomic mass is 16.5. The molecule has 30 heavy (non-hydrogen) atoms. The topological polar surface area (TPSA) is 108 Å². The van der Waals surface area contributed by atoms with Gasteiger partial charge in [-0.25, -0.2) is 14.8 Å². The van der Waals surface area contributed by atoms with Gasteiger partial charge in [-0.2, -0.15) is 0 Å². The summed E-state index contributed by atoms with van der Waals surface area (Å²) in [5.74, 6) is 1.76. The van der Waals surface area contributed by atoms with Crippen LogP contribution in [0.25, 0.3) is 11.5 Å². The van der Waals surface area contributed by atoms with E-state index in [0.717, 1.165) is 17.0 Å². The summed E-state index contributed by atoms with van der Waals surface area (Å²) < 4.78 is 20.9. The maximum Gasteiger partial charge on any atom is 0.319 e. The smallest absolute Gasteiger partial charge is 0.319 e. The molecule has 0 spiro atoms. The number of hydrogen-bond donors (Lipinski definition) is 2. The Bertz CT molecular complexity index is 925. The fraction of sp³-hybridized carbons (Fsp3) is 0.286. The minimum absolute atomic E-state index is 0.330. The lowest BCUT2D eigenvalue weighted by molar-refractivity contribution is 0.144. The van der Waals surface area contributed by atoms with Crippen LogP contribution < -0.4 is 20.1 Å². The molecule has 3 rings (SSSR count). The van der Waals surface area contributed by atoms with E-state index in [4.69, 9.17) is 18.6 Å². The van der Waals surface area contributed by atoms with Crippen LogP contribution in [0.3, 0.4) is 0 Å². The first kappa shape index (κ1) is 21.1. The van der Waals surface area contributed by atoms with Crippen LogP contribution in [0.15, 0.2) is 53.3 Å². The summed E-state index contributed by atoms with van der Waals surface area (Å²) in [6.07, 6.45) is 3.66. The Balaban J connectivity index is 1.41. The van der Waals surface area contributed by atoms with Crippen molar-refractivity contribution < 1.29 is 23.4 Å². The van der Waals surface area contributed by atoms with Crippen molar-refractivity contribution in [1.29, 1.82) is 0 Å². The third-order valence-corrected chi connectivity index (χ3v) is 4.09. The van der Waals surface area contributed by atoms with E-state index >= 15 is 0 Å². The number of nitrogens with zero attached hydrogens (tertiary/aromatic N) is 2. The minimum Gasteiger partial charge on any atom is -0.497 e. The van der Waals surface area contributed by atoms with E-state index in [1.54, 1.807) is 32.6 Å². The number of methoxy groups -OCH3 is 2. The van der Waals surface area contributed by atoms with Gasteiger partial charge >= 0.3 is 6.03 Å². The van der Waals surface area contributed by atoms with Crippen molar-refractivity contribution in [2.24, 2.45) is 0 Å². The summed E-state index contributed by atoms with van der Waals surface area (Å²) in [7, 11) is 3.22. The average Bonchev–Trinajstić information content (AvgIpc) is 3.24. The van der Waals surface area contributed by atoms with Crippen molar-refractivity contribution in [3.8, 4) is 23.1 Å². The van der Waals surface area contributed by atoms with Crippen LogP contribution in [0, 0.1) is 0 Å². The summed E-state index contributed by atoms with van der Waals surface area (Å²) in [5.41, 5.74) is 2.17. The highest BCUT2D eigenvalue weighted by molar-refractivity contribution is 5.89. The quantitative estimate of drug-likeness (QED) is 0.493. The van der Waals surface area contributed by atoms with Crippen LogP contribution in [0.5, 0.6) is 11.6 Å². The molecule has 1 aromatic carbocycles. The second-order valence-corrected chi connectivity index (χ2v) is 6.23. The lowest BCUT2D eigenvalue weighted by atomic mass is 10.2. The number of aromatic nitrogens is 2. The molecule has 0 atom stereocenters. The molecule has 9 nitrogen and oxygen atoms in total. The zero-order valence-corrected chi connectivity index (χ0v) is 16.9. The summed E-state index contributed by atoms with van der Waals surface area (Å²) in [5, 5.41) is 5.49. The van der Waals surface area contributed by atoms with Gasteiger partial charge in [-0.3, -0.25) is 0 Å². The molecule has 0 saturated carbocycles. The molecule has 9 heteroatoms. The number of oxazole rings is 1. The van der Waals surface area contributed by atoms with Gasteiger partial charge in [0.15, 0.2) is 0 Å². The Morgan fingerprint density at radius 1 is 1.10 bits per heavy atom. The molecule has 0 radical (unpaired) electrons. The molecule has 0 fully saturated rings. The van der Waals surface area contributed by atoms with E-state index in [-0.39, 0.29) is 6.03 Å². The molecule has 0 aliphatic rings. The fourth-order valence-electron chi connectivity index (χ4n) is 2.54. The molecule has 0 unspecified atom stereocenters. The van der Waals surface area contributed by atoms with Gasteiger partial charge in [-0.05, 0) is 30.3 Å². The van der Waals surface area contributed by atoms with Gasteiger partial charge in [0.2, 0.25) is 11.8 Å². The number of carbonyl (C=O) groups excluding carboxylic acids is 1. The first-order valence-corrected chi connectivity index (χ1v) is 9.39. The summed E-state index contributed by atoms with van der Waals surface area (Å²) in [6.45, 7) is 1.31. The van der Waals surface area contributed by atoms with Crippen molar-refractivity contribution >= 4 is 11.7 Å². The molecule has 158 valence electrons. The van der Waals surface area contributed by atoms with E-state index in [0.29, 0.717) is 43.6 Å². The van der Waals surface area contributed by atoms with Crippen LogP contribution in [0.2, 0.25) is 0 Å². The Hall–Kier alpha value is -3.59. The zero-order chi connectivity index (χ0) is 21.2. The van der Waals surface area contributed by atoms with Crippen LogP contribution >= 0.6 is 0 Å². The number of anilines is 1. The average molecular weight is 412 g/mol. The second kappa shape index (κ2) is 10.8. The van der Waals surface area contributed by atoms with Crippen LogP contribution in [-0.2, 0) is 11.2 Å². The molecule has 3 aromatic rings. The monoisotopic (exact) mass is 412 g/mol. The number of carbonyl (C=O) groups is 1. The van der Waals surface area contributed by atoms with Crippen LogP contribution in [0.1, 0.15) is 5.69 Å². The Morgan fingerprint density at radius 2 is 1.93 bits per heavy atom. The van der Waals surface area contributed by atoms with E-state index in [1.165, 1.54) is 6.20 Å². The molecule has 2 amide bonds. The van der Waals surface area contributed by atoms with Gasteiger partial charge in [0, 0.05) is 31.7 Å². The Morgan fingerprint density at radius 3 is 2.63 bits per heavy atom. The standard InChI is InChI=1S/C21H24N4O5/c1-27-11-12-29-19-8-5-16(13-23-19)25-21(26)22-10-9-17-14-30-20(24-17)15-3-6-18(28-2)7-4-15/h3-8,13-14H,9-12H2,1-2H3,(H2,22,25,26). The normalized spacial score (nSPS) is 10.5. The zero-order valence-electron chi connectivity index (χ0n) is 16.9. The molecule has 0 saturated heterocycles. The second-order valence-electron chi connectivity index (χ2n) is 6.23. The predicted octanol–water partition coefficient (Wildman–Crippen LogP) is 3.13. The minimum atomic E-state index is -0.330. The fourth-order valence-corrected chi connectivity index (χ4v) is 2.54. The molecule has 0 bridgehead atoms. The first-order valence-electron chi connectivity index (χ1n) is 9.39. The molecule has 0 aliphatic heterocycles. The number of hydrogen-bond acceptors (Lipinski definition) is 7.